The van der Waals surface area contributed by atoms with Crippen LogP contribution in [0.1, 0.15) is 0 Å². The van der Waals surface area contributed by atoms with E-state index in [9.17, 15) is 30.5 Å². The second-order valence-corrected chi connectivity index (χ2v) is 3.98. The first kappa shape index (κ1) is 11.9. The van der Waals surface area contributed by atoms with Gasteiger partial charge in [0.1, 0.15) is 4.90 Å². The summed E-state index contributed by atoms with van der Waals surface area (Å²) in [7, 11) is -5.03. The van der Waals surface area contributed by atoms with Crippen molar-refractivity contribution in [1.82, 2.24) is 4.94 Å². The van der Waals surface area contributed by atoms with Crippen molar-refractivity contribution in [3.8, 4) is 0 Å². The molecular weight excluding hydrogens is 245 g/mol. The van der Waals surface area contributed by atoms with Crippen LogP contribution in [0.4, 0.5) is 22.0 Å². The SMILES string of the molecule is O=S(=O)(NF)c1cc(F)c(F)c(F)c1F. The minimum absolute atomic E-state index is 0.149. The summed E-state index contributed by atoms with van der Waals surface area (Å²) in [6, 6.07) is -0.171. The summed E-state index contributed by atoms with van der Waals surface area (Å²) in [5.41, 5.74) is 0. The van der Waals surface area contributed by atoms with Crippen LogP contribution in [-0.4, -0.2) is 8.42 Å². The van der Waals surface area contributed by atoms with Crippen molar-refractivity contribution < 1.29 is 30.5 Å². The highest BCUT2D eigenvalue weighted by Gasteiger charge is 2.27. The Morgan fingerprint density at radius 3 is 2.00 bits per heavy atom. The molecule has 0 aliphatic rings. The monoisotopic (exact) mass is 247 g/mol. The van der Waals surface area contributed by atoms with Crippen LogP contribution in [-0.2, 0) is 10.0 Å². The molecule has 1 aromatic carbocycles. The molecule has 0 saturated carbocycles. The molecule has 0 aliphatic heterocycles. The molecular formula is C6H2F5NO2S. The average molecular weight is 247 g/mol. The highest BCUT2D eigenvalue weighted by molar-refractivity contribution is 7.89. The van der Waals surface area contributed by atoms with E-state index in [0.29, 0.717) is 0 Å². The molecule has 15 heavy (non-hydrogen) atoms. The van der Waals surface area contributed by atoms with Crippen LogP contribution in [0.5, 0.6) is 0 Å². The van der Waals surface area contributed by atoms with Crippen LogP contribution < -0.4 is 4.94 Å². The Morgan fingerprint density at radius 2 is 1.53 bits per heavy atom. The molecule has 84 valence electrons. The van der Waals surface area contributed by atoms with Gasteiger partial charge in [0.25, 0.3) is 10.0 Å². The molecule has 0 aliphatic carbocycles. The zero-order valence-electron chi connectivity index (χ0n) is 6.69. The van der Waals surface area contributed by atoms with Crippen molar-refractivity contribution in [2.24, 2.45) is 0 Å². The summed E-state index contributed by atoms with van der Waals surface area (Å²) >= 11 is 0. The van der Waals surface area contributed by atoms with Gasteiger partial charge in [-0.25, -0.2) is 26.0 Å². The molecule has 0 aromatic heterocycles. The van der Waals surface area contributed by atoms with E-state index < -0.39 is 38.2 Å². The number of hydrogen-bond donors (Lipinski definition) is 1. The summed E-state index contributed by atoms with van der Waals surface area (Å²) < 4.78 is 83.1. The Labute approximate surface area is 80.5 Å². The van der Waals surface area contributed by atoms with Gasteiger partial charge in [-0.15, -0.1) is 4.48 Å². The van der Waals surface area contributed by atoms with Crippen LogP contribution in [0, 0.1) is 23.3 Å². The third-order valence-corrected chi connectivity index (χ3v) is 2.54. The second kappa shape index (κ2) is 3.74. The van der Waals surface area contributed by atoms with Gasteiger partial charge in [0.05, 0.1) is 0 Å². The lowest BCUT2D eigenvalue weighted by molar-refractivity contribution is 0.389. The lowest BCUT2D eigenvalue weighted by Gasteiger charge is -2.04. The Morgan fingerprint density at radius 1 is 1.00 bits per heavy atom. The zero-order valence-corrected chi connectivity index (χ0v) is 7.51. The van der Waals surface area contributed by atoms with Crippen LogP contribution in [0.15, 0.2) is 11.0 Å². The largest absolute Gasteiger partial charge is 0.269 e. The van der Waals surface area contributed by atoms with Crippen molar-refractivity contribution in [2.75, 3.05) is 0 Å². The van der Waals surface area contributed by atoms with Crippen LogP contribution in [0.2, 0.25) is 0 Å². The summed E-state index contributed by atoms with van der Waals surface area (Å²) in [5, 5.41) is 0. The Balaban J connectivity index is 3.60. The fourth-order valence-electron chi connectivity index (χ4n) is 0.788. The van der Waals surface area contributed by atoms with Gasteiger partial charge < -0.3 is 0 Å². The maximum atomic E-state index is 12.8. The van der Waals surface area contributed by atoms with E-state index in [4.69, 9.17) is 0 Å². The molecule has 1 aromatic rings. The Hall–Kier alpha value is -1.22. The summed E-state index contributed by atoms with van der Waals surface area (Å²) in [5.74, 6) is -8.64. The predicted molar refractivity (Wildman–Crippen MR) is 37.7 cm³/mol. The normalized spacial score (nSPS) is 11.8. The van der Waals surface area contributed by atoms with Crippen LogP contribution in [0.25, 0.3) is 0 Å². The van der Waals surface area contributed by atoms with Gasteiger partial charge in [-0.3, -0.25) is 0 Å². The number of hydrogen-bond acceptors (Lipinski definition) is 2. The minimum atomic E-state index is -5.03. The van der Waals surface area contributed by atoms with Crippen molar-refractivity contribution in [2.45, 2.75) is 4.90 Å². The van der Waals surface area contributed by atoms with Crippen LogP contribution in [0.3, 0.4) is 0 Å². The molecule has 0 spiro atoms. The number of nitrogens with one attached hydrogen (secondary N) is 1. The van der Waals surface area contributed by atoms with Gasteiger partial charge in [0.2, 0.25) is 0 Å². The van der Waals surface area contributed by atoms with Crippen molar-refractivity contribution in [3.05, 3.63) is 29.3 Å². The molecule has 0 bridgehead atoms. The number of benzene rings is 1. The van der Waals surface area contributed by atoms with E-state index in [1.165, 1.54) is 0 Å². The van der Waals surface area contributed by atoms with Gasteiger partial charge in [0.15, 0.2) is 23.3 Å². The van der Waals surface area contributed by atoms with E-state index >= 15 is 0 Å². The van der Waals surface area contributed by atoms with Gasteiger partial charge in [0, 0.05) is 6.07 Å². The molecule has 0 amide bonds. The molecule has 1 rings (SSSR count). The van der Waals surface area contributed by atoms with E-state index in [0.717, 1.165) is 0 Å². The maximum absolute atomic E-state index is 12.8. The first-order valence-electron chi connectivity index (χ1n) is 3.26. The summed E-state index contributed by atoms with van der Waals surface area (Å²) in [6.07, 6.45) is 0. The fourth-order valence-corrected chi connectivity index (χ4v) is 1.46. The maximum Gasteiger partial charge on any atom is 0.269 e. The zero-order chi connectivity index (χ0) is 11.8. The molecule has 9 heteroatoms. The average Bonchev–Trinajstić information content (AvgIpc) is 2.20. The van der Waals surface area contributed by atoms with E-state index in [2.05, 4.69) is 0 Å². The first-order chi connectivity index (χ1) is 6.81. The third-order valence-electron chi connectivity index (χ3n) is 1.46. The van der Waals surface area contributed by atoms with E-state index in [1.807, 2.05) is 0 Å². The molecule has 3 nitrogen and oxygen atoms in total. The molecule has 0 radical (unpaired) electrons. The second-order valence-electron chi connectivity index (χ2n) is 2.38. The number of rotatable bonds is 2. The molecule has 1 N–H and O–H groups in total. The smallest absolute Gasteiger partial charge is 0.205 e. The minimum Gasteiger partial charge on any atom is -0.205 e. The van der Waals surface area contributed by atoms with Gasteiger partial charge >= 0.3 is 0 Å². The highest BCUT2D eigenvalue weighted by Crippen LogP contribution is 2.22. The van der Waals surface area contributed by atoms with Gasteiger partial charge in [-0.1, -0.05) is 0 Å². The van der Waals surface area contributed by atoms with E-state index in [-0.39, 0.29) is 11.0 Å². The molecule has 0 atom stereocenters. The van der Waals surface area contributed by atoms with Crippen molar-refractivity contribution in [3.63, 3.8) is 0 Å². The van der Waals surface area contributed by atoms with Crippen molar-refractivity contribution in [1.29, 1.82) is 0 Å². The fraction of sp³-hybridized carbons (Fsp3) is 0. The van der Waals surface area contributed by atoms with Gasteiger partial charge in [-0.05, 0) is 4.94 Å². The number of halogens is 5. The van der Waals surface area contributed by atoms with Crippen molar-refractivity contribution >= 4 is 10.0 Å². The molecule has 0 fully saturated rings. The summed E-state index contributed by atoms with van der Waals surface area (Å²) in [6.45, 7) is 0. The molecule has 0 saturated heterocycles. The third kappa shape index (κ3) is 1.92. The van der Waals surface area contributed by atoms with Crippen LogP contribution >= 0.6 is 0 Å². The predicted octanol–water partition coefficient (Wildman–Crippen LogP) is 1.41. The van der Waals surface area contributed by atoms with E-state index in [1.54, 1.807) is 0 Å². The Bertz CT molecular complexity index is 501. The lowest BCUT2D eigenvalue weighted by atomic mass is 10.3. The molecule has 0 heterocycles. The number of sulfonamides is 1. The lowest BCUT2D eigenvalue weighted by Crippen LogP contribution is -2.18. The quantitative estimate of drug-likeness (QED) is 0.371. The standard InChI is InChI=1S/C6H2F5NO2S/c7-2-1-3(15(13,14)12-11)5(9)6(10)4(2)8/h1,12H. The topological polar surface area (TPSA) is 46.2 Å². The Kier molecular flexibility index (Phi) is 2.95. The van der Waals surface area contributed by atoms with Gasteiger partial charge in [-0.2, -0.15) is 0 Å². The first-order valence-corrected chi connectivity index (χ1v) is 4.75. The highest BCUT2D eigenvalue weighted by atomic mass is 32.2. The molecule has 0 unspecified atom stereocenters. The summed E-state index contributed by atoms with van der Waals surface area (Å²) in [4.78, 5) is -1.50.